The van der Waals surface area contributed by atoms with Crippen molar-refractivity contribution in [2.45, 2.75) is 39.3 Å². The summed E-state index contributed by atoms with van der Waals surface area (Å²) in [5.41, 5.74) is 1.18. The Morgan fingerprint density at radius 2 is 2.05 bits per heavy atom. The standard InChI is InChI=1S/C17H27NO3/c1-13(2)11-18-12-14-4-5-16(19-3)10-17(14)21-15-6-8-20-9-7-15/h4-5,10,13,15,18H,6-9,11-12H2,1-3H3. The molecule has 0 amide bonds. The van der Waals surface area contributed by atoms with Crippen LogP contribution in [0.5, 0.6) is 11.5 Å². The summed E-state index contributed by atoms with van der Waals surface area (Å²) in [5, 5.41) is 3.47. The predicted molar refractivity (Wildman–Crippen MR) is 84.0 cm³/mol. The van der Waals surface area contributed by atoms with Crippen molar-refractivity contribution in [3.63, 3.8) is 0 Å². The minimum absolute atomic E-state index is 0.245. The molecular weight excluding hydrogens is 266 g/mol. The molecule has 0 bridgehead atoms. The van der Waals surface area contributed by atoms with Crippen molar-refractivity contribution in [1.29, 1.82) is 0 Å². The van der Waals surface area contributed by atoms with Crippen molar-refractivity contribution < 1.29 is 14.2 Å². The molecule has 0 atom stereocenters. The zero-order valence-electron chi connectivity index (χ0n) is 13.4. The molecule has 1 aliphatic rings. The monoisotopic (exact) mass is 293 g/mol. The normalized spacial score (nSPS) is 16.2. The van der Waals surface area contributed by atoms with Gasteiger partial charge in [-0.2, -0.15) is 0 Å². The number of benzene rings is 1. The van der Waals surface area contributed by atoms with Gasteiger partial charge in [-0.3, -0.25) is 0 Å². The van der Waals surface area contributed by atoms with Gasteiger partial charge in [0.2, 0.25) is 0 Å². The Morgan fingerprint density at radius 1 is 1.29 bits per heavy atom. The topological polar surface area (TPSA) is 39.7 Å². The first-order valence-corrected chi connectivity index (χ1v) is 7.81. The van der Waals surface area contributed by atoms with Crippen molar-refractivity contribution in [2.24, 2.45) is 5.92 Å². The summed E-state index contributed by atoms with van der Waals surface area (Å²) in [6, 6.07) is 6.06. The number of hydrogen-bond donors (Lipinski definition) is 1. The fourth-order valence-electron chi connectivity index (χ4n) is 2.39. The van der Waals surface area contributed by atoms with Crippen molar-refractivity contribution in [1.82, 2.24) is 5.32 Å². The number of methoxy groups -OCH3 is 1. The van der Waals surface area contributed by atoms with E-state index in [2.05, 4.69) is 25.2 Å². The van der Waals surface area contributed by atoms with Crippen LogP contribution >= 0.6 is 0 Å². The number of hydrogen-bond acceptors (Lipinski definition) is 4. The molecule has 4 heteroatoms. The first-order valence-electron chi connectivity index (χ1n) is 7.81. The summed E-state index contributed by atoms with van der Waals surface area (Å²) in [6.45, 7) is 7.82. The summed E-state index contributed by atoms with van der Waals surface area (Å²) in [6.07, 6.45) is 2.15. The molecule has 2 rings (SSSR count). The zero-order chi connectivity index (χ0) is 15.1. The molecule has 0 unspecified atom stereocenters. The number of rotatable bonds is 7. The van der Waals surface area contributed by atoms with Gasteiger partial charge in [0.15, 0.2) is 0 Å². The molecule has 1 aromatic carbocycles. The molecule has 1 saturated heterocycles. The van der Waals surface area contributed by atoms with E-state index in [0.29, 0.717) is 5.92 Å². The van der Waals surface area contributed by atoms with Crippen molar-refractivity contribution in [3.8, 4) is 11.5 Å². The number of ether oxygens (including phenoxy) is 3. The largest absolute Gasteiger partial charge is 0.497 e. The van der Waals surface area contributed by atoms with Gasteiger partial charge in [0.25, 0.3) is 0 Å². The second-order valence-corrected chi connectivity index (χ2v) is 5.93. The van der Waals surface area contributed by atoms with E-state index in [1.807, 2.05) is 12.1 Å². The molecule has 1 aliphatic heterocycles. The zero-order valence-corrected chi connectivity index (χ0v) is 13.4. The van der Waals surface area contributed by atoms with Crippen LogP contribution in [0.25, 0.3) is 0 Å². The summed E-state index contributed by atoms with van der Waals surface area (Å²) < 4.78 is 16.9. The van der Waals surface area contributed by atoms with Crippen LogP contribution in [0.4, 0.5) is 0 Å². The molecule has 0 spiro atoms. The maximum absolute atomic E-state index is 6.19. The molecule has 1 heterocycles. The van der Waals surface area contributed by atoms with Crippen molar-refractivity contribution in [3.05, 3.63) is 23.8 Å². The third-order valence-electron chi connectivity index (χ3n) is 3.60. The predicted octanol–water partition coefficient (Wildman–Crippen LogP) is 3.00. The van der Waals surface area contributed by atoms with Gasteiger partial charge in [-0.15, -0.1) is 0 Å². The molecular formula is C17H27NO3. The SMILES string of the molecule is COc1ccc(CNCC(C)C)c(OC2CCOCC2)c1. The average molecular weight is 293 g/mol. The summed E-state index contributed by atoms with van der Waals surface area (Å²) >= 11 is 0. The van der Waals surface area contributed by atoms with Gasteiger partial charge in [-0.25, -0.2) is 0 Å². The van der Waals surface area contributed by atoms with E-state index in [0.717, 1.165) is 50.6 Å². The van der Waals surface area contributed by atoms with E-state index >= 15 is 0 Å². The van der Waals surface area contributed by atoms with E-state index in [1.54, 1.807) is 7.11 Å². The molecule has 1 N–H and O–H groups in total. The second kappa shape index (κ2) is 8.25. The van der Waals surface area contributed by atoms with Crippen LogP contribution in [0, 0.1) is 5.92 Å². The van der Waals surface area contributed by atoms with E-state index < -0.39 is 0 Å². The first kappa shape index (κ1) is 16.1. The molecule has 0 aliphatic carbocycles. The molecule has 1 fully saturated rings. The molecule has 0 aromatic heterocycles. The van der Waals surface area contributed by atoms with Gasteiger partial charge in [0, 0.05) is 31.0 Å². The summed E-state index contributed by atoms with van der Waals surface area (Å²) in [7, 11) is 1.68. The van der Waals surface area contributed by atoms with Crippen LogP contribution in [0.1, 0.15) is 32.3 Å². The Labute approximate surface area is 127 Å². The molecule has 21 heavy (non-hydrogen) atoms. The fourth-order valence-corrected chi connectivity index (χ4v) is 2.39. The van der Waals surface area contributed by atoms with Gasteiger partial charge in [-0.05, 0) is 18.5 Å². The van der Waals surface area contributed by atoms with Gasteiger partial charge < -0.3 is 19.5 Å². The molecule has 118 valence electrons. The van der Waals surface area contributed by atoms with Gasteiger partial charge in [-0.1, -0.05) is 19.9 Å². The highest BCUT2D eigenvalue weighted by Crippen LogP contribution is 2.27. The maximum Gasteiger partial charge on any atom is 0.127 e. The lowest BCUT2D eigenvalue weighted by atomic mass is 10.1. The first-order chi connectivity index (χ1) is 10.2. The maximum atomic E-state index is 6.19. The third-order valence-corrected chi connectivity index (χ3v) is 3.60. The van der Waals surface area contributed by atoms with Gasteiger partial charge >= 0.3 is 0 Å². The lowest BCUT2D eigenvalue weighted by Gasteiger charge is -2.25. The van der Waals surface area contributed by atoms with Crippen molar-refractivity contribution in [2.75, 3.05) is 26.9 Å². The minimum Gasteiger partial charge on any atom is -0.497 e. The quantitative estimate of drug-likeness (QED) is 0.839. The van der Waals surface area contributed by atoms with Crippen LogP contribution in [0.2, 0.25) is 0 Å². The minimum atomic E-state index is 0.245. The van der Waals surface area contributed by atoms with Crippen LogP contribution in [-0.2, 0) is 11.3 Å². The Morgan fingerprint density at radius 3 is 2.71 bits per heavy atom. The van der Waals surface area contributed by atoms with Crippen LogP contribution in [-0.4, -0.2) is 33.0 Å². The fraction of sp³-hybridized carbons (Fsp3) is 0.647. The number of nitrogens with one attached hydrogen (secondary N) is 1. The average Bonchev–Trinajstić information content (AvgIpc) is 2.49. The molecule has 0 saturated carbocycles. The van der Waals surface area contributed by atoms with E-state index in [-0.39, 0.29) is 6.10 Å². The smallest absolute Gasteiger partial charge is 0.127 e. The lowest BCUT2D eigenvalue weighted by Crippen LogP contribution is -2.27. The van der Waals surface area contributed by atoms with Crippen molar-refractivity contribution >= 4 is 0 Å². The Hall–Kier alpha value is -1.26. The molecule has 1 aromatic rings. The van der Waals surface area contributed by atoms with Crippen LogP contribution in [0.3, 0.4) is 0 Å². The molecule has 4 nitrogen and oxygen atoms in total. The van der Waals surface area contributed by atoms with E-state index in [4.69, 9.17) is 14.2 Å². The highest BCUT2D eigenvalue weighted by atomic mass is 16.5. The van der Waals surface area contributed by atoms with Crippen LogP contribution < -0.4 is 14.8 Å². The Kier molecular flexibility index (Phi) is 6.33. The van der Waals surface area contributed by atoms with Gasteiger partial charge in [0.05, 0.1) is 20.3 Å². The second-order valence-electron chi connectivity index (χ2n) is 5.93. The van der Waals surface area contributed by atoms with Gasteiger partial charge in [0.1, 0.15) is 17.6 Å². The lowest BCUT2D eigenvalue weighted by molar-refractivity contribution is 0.0251. The molecule has 0 radical (unpaired) electrons. The van der Waals surface area contributed by atoms with E-state index in [9.17, 15) is 0 Å². The van der Waals surface area contributed by atoms with E-state index in [1.165, 1.54) is 5.56 Å². The third kappa shape index (κ3) is 5.21. The van der Waals surface area contributed by atoms with Crippen LogP contribution in [0.15, 0.2) is 18.2 Å². The Bertz CT molecular complexity index is 428. The Balaban J connectivity index is 2.03. The summed E-state index contributed by atoms with van der Waals surface area (Å²) in [5.74, 6) is 2.41. The highest BCUT2D eigenvalue weighted by molar-refractivity contribution is 5.41. The highest BCUT2D eigenvalue weighted by Gasteiger charge is 2.17. The summed E-state index contributed by atoms with van der Waals surface area (Å²) in [4.78, 5) is 0.